The molecule has 0 bridgehead atoms. The molecule has 2 aromatic carbocycles. The van der Waals surface area contributed by atoms with E-state index in [0.29, 0.717) is 44.0 Å². The van der Waals surface area contributed by atoms with Gasteiger partial charge in [-0.2, -0.15) is 0 Å². The molecular formula is C23H28N2O4. The molecule has 3 rings (SSSR count). The van der Waals surface area contributed by atoms with Crippen LogP contribution in [0.1, 0.15) is 17.5 Å². The summed E-state index contributed by atoms with van der Waals surface area (Å²) in [5.74, 6) is 1.68. The fourth-order valence-electron chi connectivity index (χ4n) is 3.61. The molecule has 1 N–H and O–H groups in total. The molecular weight excluding hydrogens is 368 g/mol. The van der Waals surface area contributed by atoms with Gasteiger partial charge < -0.3 is 19.7 Å². The van der Waals surface area contributed by atoms with E-state index in [2.05, 4.69) is 5.32 Å². The quantitative estimate of drug-likeness (QED) is 0.707. The smallest absolute Gasteiger partial charge is 0.224 e. The Bertz CT molecular complexity index is 838. The summed E-state index contributed by atoms with van der Waals surface area (Å²) in [7, 11) is 3.22. The minimum absolute atomic E-state index is 0.00701. The minimum atomic E-state index is -0.00701. The molecule has 6 heteroatoms. The Kier molecular flexibility index (Phi) is 7.11. The average Bonchev–Trinajstić information content (AvgIpc) is 3.10. The van der Waals surface area contributed by atoms with Crippen LogP contribution in [0.25, 0.3) is 0 Å². The monoisotopic (exact) mass is 396 g/mol. The first kappa shape index (κ1) is 20.7. The van der Waals surface area contributed by atoms with E-state index in [9.17, 15) is 9.59 Å². The van der Waals surface area contributed by atoms with Gasteiger partial charge in [0.2, 0.25) is 11.8 Å². The summed E-state index contributed by atoms with van der Waals surface area (Å²) in [5.41, 5.74) is 2.08. The highest BCUT2D eigenvalue weighted by atomic mass is 16.5. The second-order valence-electron chi connectivity index (χ2n) is 7.32. The van der Waals surface area contributed by atoms with Crippen molar-refractivity contribution in [3.63, 3.8) is 0 Å². The molecule has 0 radical (unpaired) electrons. The zero-order valence-corrected chi connectivity index (χ0v) is 17.0. The van der Waals surface area contributed by atoms with Gasteiger partial charge in [0.1, 0.15) is 0 Å². The van der Waals surface area contributed by atoms with E-state index >= 15 is 0 Å². The summed E-state index contributed by atoms with van der Waals surface area (Å²) in [6.45, 7) is 1.87. The second-order valence-corrected chi connectivity index (χ2v) is 7.32. The molecule has 0 aromatic heterocycles. The van der Waals surface area contributed by atoms with Crippen LogP contribution in [-0.2, 0) is 22.4 Å². The molecule has 1 fully saturated rings. The Morgan fingerprint density at radius 2 is 1.83 bits per heavy atom. The van der Waals surface area contributed by atoms with Crippen molar-refractivity contribution in [3.05, 3.63) is 59.7 Å². The van der Waals surface area contributed by atoms with Crippen LogP contribution in [0.5, 0.6) is 11.5 Å². The van der Waals surface area contributed by atoms with E-state index in [0.717, 1.165) is 17.5 Å². The van der Waals surface area contributed by atoms with Crippen molar-refractivity contribution in [1.29, 1.82) is 0 Å². The van der Waals surface area contributed by atoms with Gasteiger partial charge in [-0.05, 0) is 29.7 Å². The molecule has 6 nitrogen and oxygen atoms in total. The number of likely N-dealkylation sites (tertiary alicyclic amines) is 1. The molecule has 29 heavy (non-hydrogen) atoms. The largest absolute Gasteiger partial charge is 0.493 e. The maximum atomic E-state index is 12.3. The maximum Gasteiger partial charge on any atom is 0.224 e. The van der Waals surface area contributed by atoms with Gasteiger partial charge in [-0.25, -0.2) is 0 Å². The molecule has 2 aromatic rings. The van der Waals surface area contributed by atoms with Gasteiger partial charge in [0.05, 0.1) is 20.6 Å². The van der Waals surface area contributed by atoms with Crippen LogP contribution in [0.2, 0.25) is 0 Å². The van der Waals surface area contributed by atoms with Gasteiger partial charge in [-0.15, -0.1) is 0 Å². The lowest BCUT2D eigenvalue weighted by molar-refractivity contribution is -0.127. The number of benzene rings is 2. The van der Waals surface area contributed by atoms with Gasteiger partial charge >= 0.3 is 0 Å². The average molecular weight is 396 g/mol. The van der Waals surface area contributed by atoms with E-state index in [1.54, 1.807) is 14.2 Å². The van der Waals surface area contributed by atoms with Gasteiger partial charge in [0, 0.05) is 32.0 Å². The summed E-state index contributed by atoms with van der Waals surface area (Å²) in [4.78, 5) is 26.3. The number of hydrogen-bond acceptors (Lipinski definition) is 4. The Morgan fingerprint density at radius 1 is 1.07 bits per heavy atom. The summed E-state index contributed by atoms with van der Waals surface area (Å²) in [5, 5.41) is 2.97. The lowest BCUT2D eigenvalue weighted by atomic mass is 10.1. The van der Waals surface area contributed by atoms with Crippen molar-refractivity contribution >= 4 is 11.8 Å². The molecule has 1 saturated heterocycles. The van der Waals surface area contributed by atoms with Crippen molar-refractivity contribution in [2.45, 2.75) is 19.3 Å². The topological polar surface area (TPSA) is 67.9 Å². The number of methoxy groups -OCH3 is 2. The molecule has 1 unspecified atom stereocenters. The summed E-state index contributed by atoms with van der Waals surface area (Å²) < 4.78 is 10.6. The maximum absolute atomic E-state index is 12.3. The van der Waals surface area contributed by atoms with Gasteiger partial charge in [0.15, 0.2) is 11.5 Å². The molecule has 154 valence electrons. The number of rotatable bonds is 9. The first-order valence-electron chi connectivity index (χ1n) is 9.88. The molecule has 0 saturated carbocycles. The number of carbonyl (C=O) groups excluding carboxylic acids is 2. The third-order valence-electron chi connectivity index (χ3n) is 5.21. The predicted molar refractivity (Wildman–Crippen MR) is 111 cm³/mol. The van der Waals surface area contributed by atoms with Crippen LogP contribution in [0, 0.1) is 5.92 Å². The van der Waals surface area contributed by atoms with E-state index < -0.39 is 0 Å². The lowest BCUT2D eigenvalue weighted by Crippen LogP contribution is -2.32. The van der Waals surface area contributed by atoms with Crippen molar-refractivity contribution in [3.8, 4) is 11.5 Å². The third kappa shape index (κ3) is 5.73. The lowest BCUT2D eigenvalue weighted by Gasteiger charge is -2.17. The van der Waals surface area contributed by atoms with Gasteiger partial charge in [-0.1, -0.05) is 36.4 Å². The zero-order chi connectivity index (χ0) is 20.6. The molecule has 0 spiro atoms. The normalized spacial score (nSPS) is 16.0. The summed E-state index contributed by atoms with van der Waals surface area (Å²) in [6.07, 6.45) is 1.60. The van der Waals surface area contributed by atoms with E-state index in [4.69, 9.17) is 9.47 Å². The standard InChI is InChI=1S/C23H28N2O4/c1-28-20-9-8-18(12-21(20)29-2)10-11-25-16-19(14-23(25)27)15-24-22(26)13-17-6-4-3-5-7-17/h3-9,12,19H,10-11,13-16H2,1-2H3,(H,24,26). The number of carbonyl (C=O) groups is 2. The fraction of sp³-hybridized carbons (Fsp3) is 0.391. The Morgan fingerprint density at radius 3 is 2.55 bits per heavy atom. The number of amides is 2. The Hall–Kier alpha value is -3.02. The number of nitrogens with zero attached hydrogens (tertiary/aromatic N) is 1. The number of ether oxygens (including phenoxy) is 2. The fourth-order valence-corrected chi connectivity index (χ4v) is 3.61. The molecule has 1 aliphatic rings. The summed E-state index contributed by atoms with van der Waals surface area (Å²) in [6, 6.07) is 15.5. The molecule has 1 heterocycles. The van der Waals surface area contributed by atoms with Gasteiger partial charge in [-0.3, -0.25) is 9.59 Å². The van der Waals surface area contributed by atoms with Crippen molar-refractivity contribution in [2.24, 2.45) is 5.92 Å². The van der Waals surface area contributed by atoms with E-state index in [-0.39, 0.29) is 17.7 Å². The van der Waals surface area contributed by atoms with Crippen molar-refractivity contribution in [1.82, 2.24) is 10.2 Å². The van der Waals surface area contributed by atoms with Crippen molar-refractivity contribution in [2.75, 3.05) is 33.9 Å². The molecule has 1 aliphatic heterocycles. The highest BCUT2D eigenvalue weighted by Crippen LogP contribution is 2.28. The Balaban J connectivity index is 1.45. The predicted octanol–water partition coefficient (Wildman–Crippen LogP) is 2.45. The highest BCUT2D eigenvalue weighted by Gasteiger charge is 2.29. The Labute approximate surface area is 171 Å². The summed E-state index contributed by atoms with van der Waals surface area (Å²) >= 11 is 0. The van der Waals surface area contributed by atoms with E-state index in [1.807, 2.05) is 53.4 Å². The van der Waals surface area contributed by atoms with Crippen LogP contribution >= 0.6 is 0 Å². The minimum Gasteiger partial charge on any atom is -0.493 e. The van der Waals surface area contributed by atoms with Crippen molar-refractivity contribution < 1.29 is 19.1 Å². The molecule has 0 aliphatic carbocycles. The molecule has 2 amide bonds. The first-order valence-corrected chi connectivity index (χ1v) is 9.88. The zero-order valence-electron chi connectivity index (χ0n) is 17.0. The van der Waals surface area contributed by atoms with Crippen LogP contribution in [-0.4, -0.2) is 50.6 Å². The van der Waals surface area contributed by atoms with Crippen LogP contribution < -0.4 is 14.8 Å². The van der Waals surface area contributed by atoms with Gasteiger partial charge in [0.25, 0.3) is 0 Å². The number of hydrogen-bond donors (Lipinski definition) is 1. The second kappa shape index (κ2) is 9.96. The van der Waals surface area contributed by atoms with E-state index in [1.165, 1.54) is 0 Å². The highest BCUT2D eigenvalue weighted by molar-refractivity contribution is 5.80. The number of nitrogens with one attached hydrogen (secondary N) is 1. The van der Waals surface area contributed by atoms with Crippen LogP contribution in [0.3, 0.4) is 0 Å². The first-order chi connectivity index (χ1) is 14.1. The third-order valence-corrected chi connectivity index (χ3v) is 5.21. The SMILES string of the molecule is COc1ccc(CCN2CC(CNC(=O)Cc3ccccc3)CC2=O)cc1OC. The van der Waals surface area contributed by atoms with Crippen LogP contribution in [0.4, 0.5) is 0 Å². The molecule has 1 atom stereocenters. The van der Waals surface area contributed by atoms with Crippen LogP contribution in [0.15, 0.2) is 48.5 Å².